The zero-order chi connectivity index (χ0) is 22.1. The quantitative estimate of drug-likeness (QED) is 0.518. The number of aliphatic imine (C=N–C) groups is 1. The summed E-state index contributed by atoms with van der Waals surface area (Å²) in [5.74, 6) is 2.56. The number of piperazine rings is 1. The lowest BCUT2D eigenvalue weighted by molar-refractivity contribution is 0.172. The molecule has 2 heterocycles. The van der Waals surface area contributed by atoms with Crippen LogP contribution in [0.15, 0.2) is 41.5 Å². The Kier molecular flexibility index (Phi) is 8.53. The van der Waals surface area contributed by atoms with Crippen LogP contribution in [0.4, 0.5) is 0 Å². The molecule has 7 heteroatoms. The fraction of sp³-hybridized carbons (Fsp3) is 0.500. The van der Waals surface area contributed by atoms with Gasteiger partial charge in [-0.3, -0.25) is 14.9 Å². The predicted octanol–water partition coefficient (Wildman–Crippen LogP) is 2.73. The average molecular weight is 426 g/mol. The van der Waals surface area contributed by atoms with Crippen molar-refractivity contribution in [3.05, 3.63) is 53.3 Å². The highest BCUT2D eigenvalue weighted by Gasteiger charge is 2.20. The van der Waals surface area contributed by atoms with Crippen molar-refractivity contribution in [3.8, 4) is 11.5 Å². The number of nitrogens with zero attached hydrogens (tertiary/aromatic N) is 4. The molecule has 0 saturated carbocycles. The molecule has 0 unspecified atom stereocenters. The second-order valence-corrected chi connectivity index (χ2v) is 7.75. The molecule has 0 spiro atoms. The molecule has 0 bridgehead atoms. The van der Waals surface area contributed by atoms with Crippen LogP contribution in [0, 0.1) is 6.92 Å². The minimum atomic E-state index is 0.763. The summed E-state index contributed by atoms with van der Waals surface area (Å²) in [7, 11) is 3.34. The molecule has 1 fully saturated rings. The number of pyridine rings is 1. The lowest BCUT2D eigenvalue weighted by atomic mass is 10.1. The van der Waals surface area contributed by atoms with E-state index < -0.39 is 0 Å². The van der Waals surface area contributed by atoms with Crippen molar-refractivity contribution in [2.45, 2.75) is 26.8 Å². The summed E-state index contributed by atoms with van der Waals surface area (Å²) < 4.78 is 10.8. The van der Waals surface area contributed by atoms with E-state index in [1.54, 1.807) is 14.2 Å². The van der Waals surface area contributed by atoms with Gasteiger partial charge in [-0.1, -0.05) is 12.1 Å². The van der Waals surface area contributed by atoms with Crippen LogP contribution in [0.3, 0.4) is 0 Å². The van der Waals surface area contributed by atoms with E-state index >= 15 is 0 Å². The number of aromatic nitrogens is 1. The number of benzene rings is 1. The largest absolute Gasteiger partial charge is 0.493 e. The van der Waals surface area contributed by atoms with E-state index in [1.807, 2.05) is 19.2 Å². The van der Waals surface area contributed by atoms with Gasteiger partial charge in [-0.05, 0) is 49.6 Å². The Morgan fingerprint density at radius 2 is 1.77 bits per heavy atom. The summed E-state index contributed by atoms with van der Waals surface area (Å²) in [6.45, 7) is 10.6. The molecule has 168 valence electrons. The highest BCUT2D eigenvalue weighted by atomic mass is 16.5. The Bertz CT molecular complexity index is 846. The molecule has 2 aromatic rings. The average Bonchev–Trinajstić information content (AvgIpc) is 2.80. The number of methoxy groups -OCH3 is 2. The van der Waals surface area contributed by atoms with Gasteiger partial charge in [0.1, 0.15) is 0 Å². The molecule has 1 aliphatic rings. The molecular weight excluding hydrogens is 390 g/mol. The smallest absolute Gasteiger partial charge is 0.194 e. The van der Waals surface area contributed by atoms with Gasteiger partial charge < -0.3 is 19.7 Å². The van der Waals surface area contributed by atoms with Crippen LogP contribution in [0.2, 0.25) is 0 Å². The molecule has 1 saturated heterocycles. The summed E-state index contributed by atoms with van der Waals surface area (Å²) in [6, 6.07) is 10.3. The third-order valence-corrected chi connectivity index (χ3v) is 5.50. The molecule has 7 nitrogen and oxygen atoms in total. The van der Waals surface area contributed by atoms with E-state index in [4.69, 9.17) is 14.5 Å². The van der Waals surface area contributed by atoms with Gasteiger partial charge in [-0.15, -0.1) is 0 Å². The molecule has 0 amide bonds. The number of hydrogen-bond donors (Lipinski definition) is 1. The van der Waals surface area contributed by atoms with E-state index in [0.717, 1.165) is 75.4 Å². The van der Waals surface area contributed by atoms with Crippen LogP contribution in [0.25, 0.3) is 0 Å². The van der Waals surface area contributed by atoms with E-state index in [2.05, 4.69) is 51.3 Å². The number of aryl methyl sites for hydroxylation is 1. The molecular formula is C24H35N5O2. The third kappa shape index (κ3) is 6.59. The first-order valence-electron chi connectivity index (χ1n) is 11.0. The second kappa shape index (κ2) is 11.6. The van der Waals surface area contributed by atoms with Gasteiger partial charge in [0.25, 0.3) is 0 Å². The lowest BCUT2D eigenvalue weighted by Crippen LogP contribution is -2.52. The van der Waals surface area contributed by atoms with Crippen molar-refractivity contribution < 1.29 is 9.47 Å². The van der Waals surface area contributed by atoms with Gasteiger partial charge >= 0.3 is 0 Å². The zero-order valence-corrected chi connectivity index (χ0v) is 19.2. The summed E-state index contributed by atoms with van der Waals surface area (Å²) in [5, 5.41) is 3.45. The first kappa shape index (κ1) is 22.9. The van der Waals surface area contributed by atoms with Crippen LogP contribution in [-0.2, 0) is 13.0 Å². The summed E-state index contributed by atoms with van der Waals surface area (Å²) in [6.07, 6.45) is 2.85. The standard InChI is InChI=1S/C24H35N5O2/c1-5-25-24(26-11-10-20-7-6-19(2)27-17-20)29-14-12-28(13-15-29)18-21-8-9-22(30-3)23(16-21)31-4/h6-9,16-17H,5,10-15,18H2,1-4H3,(H,25,26). The number of nitrogens with one attached hydrogen (secondary N) is 1. The number of rotatable bonds is 8. The molecule has 0 aliphatic carbocycles. The fourth-order valence-electron chi connectivity index (χ4n) is 3.72. The van der Waals surface area contributed by atoms with Gasteiger partial charge in [0.15, 0.2) is 17.5 Å². The van der Waals surface area contributed by atoms with Gasteiger partial charge in [0, 0.05) is 57.7 Å². The Labute approximate surface area is 186 Å². The molecule has 0 atom stereocenters. The van der Waals surface area contributed by atoms with E-state index in [-0.39, 0.29) is 0 Å². The Hall–Kier alpha value is -2.80. The molecule has 1 aromatic carbocycles. The normalized spacial score (nSPS) is 15.1. The van der Waals surface area contributed by atoms with E-state index in [1.165, 1.54) is 11.1 Å². The van der Waals surface area contributed by atoms with Crippen LogP contribution >= 0.6 is 0 Å². The maximum absolute atomic E-state index is 5.44. The van der Waals surface area contributed by atoms with Gasteiger partial charge in [0.05, 0.1) is 14.2 Å². The van der Waals surface area contributed by atoms with Crippen molar-refractivity contribution in [3.63, 3.8) is 0 Å². The Morgan fingerprint density at radius 3 is 2.42 bits per heavy atom. The zero-order valence-electron chi connectivity index (χ0n) is 19.2. The Morgan fingerprint density at radius 1 is 1.03 bits per heavy atom. The maximum atomic E-state index is 5.44. The van der Waals surface area contributed by atoms with Crippen LogP contribution < -0.4 is 14.8 Å². The summed E-state index contributed by atoms with van der Waals surface area (Å²) in [5.41, 5.74) is 3.51. The van der Waals surface area contributed by atoms with E-state index in [9.17, 15) is 0 Å². The molecule has 1 N–H and O–H groups in total. The van der Waals surface area contributed by atoms with Crippen molar-refractivity contribution in [1.29, 1.82) is 0 Å². The van der Waals surface area contributed by atoms with Gasteiger partial charge in [-0.2, -0.15) is 0 Å². The summed E-state index contributed by atoms with van der Waals surface area (Å²) in [4.78, 5) is 14.1. The fourth-order valence-corrected chi connectivity index (χ4v) is 3.72. The molecule has 1 aromatic heterocycles. The summed E-state index contributed by atoms with van der Waals surface area (Å²) >= 11 is 0. The predicted molar refractivity (Wildman–Crippen MR) is 125 cm³/mol. The molecule has 0 radical (unpaired) electrons. The highest BCUT2D eigenvalue weighted by Crippen LogP contribution is 2.28. The minimum Gasteiger partial charge on any atom is -0.493 e. The number of guanidine groups is 1. The highest BCUT2D eigenvalue weighted by molar-refractivity contribution is 5.80. The van der Waals surface area contributed by atoms with Crippen LogP contribution in [0.5, 0.6) is 11.5 Å². The second-order valence-electron chi connectivity index (χ2n) is 7.75. The number of hydrogen-bond acceptors (Lipinski definition) is 5. The molecule has 1 aliphatic heterocycles. The monoisotopic (exact) mass is 425 g/mol. The lowest BCUT2D eigenvalue weighted by Gasteiger charge is -2.36. The molecule has 3 rings (SSSR count). The van der Waals surface area contributed by atoms with Crippen molar-refractivity contribution in [2.75, 3.05) is 53.5 Å². The topological polar surface area (TPSA) is 62.2 Å². The minimum absolute atomic E-state index is 0.763. The Balaban J connectivity index is 1.52. The first-order chi connectivity index (χ1) is 15.1. The first-order valence-corrected chi connectivity index (χ1v) is 11.0. The SMILES string of the molecule is CCNC(=NCCc1ccc(C)nc1)N1CCN(Cc2ccc(OC)c(OC)c2)CC1. The third-order valence-electron chi connectivity index (χ3n) is 5.50. The van der Waals surface area contributed by atoms with Crippen LogP contribution in [0.1, 0.15) is 23.7 Å². The van der Waals surface area contributed by atoms with Gasteiger partial charge in [0.2, 0.25) is 0 Å². The van der Waals surface area contributed by atoms with Crippen molar-refractivity contribution >= 4 is 5.96 Å². The maximum Gasteiger partial charge on any atom is 0.194 e. The van der Waals surface area contributed by atoms with Crippen molar-refractivity contribution in [1.82, 2.24) is 20.1 Å². The molecule has 31 heavy (non-hydrogen) atoms. The van der Waals surface area contributed by atoms with Crippen molar-refractivity contribution in [2.24, 2.45) is 4.99 Å². The van der Waals surface area contributed by atoms with Crippen LogP contribution in [-0.4, -0.2) is 74.2 Å². The number of ether oxygens (including phenoxy) is 2. The van der Waals surface area contributed by atoms with E-state index in [0.29, 0.717) is 0 Å². The van der Waals surface area contributed by atoms with Gasteiger partial charge in [-0.25, -0.2) is 0 Å².